The molecule has 0 atom stereocenters. The molecular formula is C9H20N2O3S. The van der Waals surface area contributed by atoms with Crippen LogP contribution in [0.5, 0.6) is 0 Å². The maximum Gasteiger partial charge on any atom is 0.214 e. The molecule has 5 nitrogen and oxygen atoms in total. The van der Waals surface area contributed by atoms with Crippen molar-refractivity contribution in [2.45, 2.75) is 12.8 Å². The van der Waals surface area contributed by atoms with E-state index >= 15 is 0 Å². The van der Waals surface area contributed by atoms with Crippen molar-refractivity contribution in [2.75, 3.05) is 45.6 Å². The van der Waals surface area contributed by atoms with Gasteiger partial charge in [-0.15, -0.1) is 0 Å². The largest absolute Gasteiger partial charge is 0.385 e. The highest BCUT2D eigenvalue weighted by molar-refractivity contribution is 7.89. The van der Waals surface area contributed by atoms with Crippen LogP contribution in [0.3, 0.4) is 0 Å². The van der Waals surface area contributed by atoms with Gasteiger partial charge in [0.2, 0.25) is 10.0 Å². The molecule has 0 radical (unpaired) electrons. The fourth-order valence-electron chi connectivity index (χ4n) is 1.61. The molecule has 6 heteroatoms. The first kappa shape index (κ1) is 12.9. The summed E-state index contributed by atoms with van der Waals surface area (Å²) < 4.78 is 30.1. The number of hydrogen-bond acceptors (Lipinski definition) is 4. The standard InChI is InChI=1S/C9H20N2O3S/c1-14-8-3-6-11-7-5-10-4-2-9-15(11,12)13/h10H,2-9H2,1H3. The van der Waals surface area contributed by atoms with Crippen molar-refractivity contribution in [1.82, 2.24) is 9.62 Å². The lowest BCUT2D eigenvalue weighted by atomic mass is 10.4. The zero-order valence-corrected chi connectivity index (χ0v) is 10.1. The first-order valence-corrected chi connectivity index (χ1v) is 6.95. The zero-order chi connectivity index (χ0) is 11.1. The Balaban J connectivity index is 2.48. The number of rotatable bonds is 4. The van der Waals surface area contributed by atoms with Gasteiger partial charge in [0.15, 0.2) is 0 Å². The van der Waals surface area contributed by atoms with Gasteiger partial charge >= 0.3 is 0 Å². The van der Waals surface area contributed by atoms with Crippen LogP contribution >= 0.6 is 0 Å². The molecule has 0 aromatic heterocycles. The van der Waals surface area contributed by atoms with E-state index in [0.29, 0.717) is 26.1 Å². The molecule has 15 heavy (non-hydrogen) atoms. The summed E-state index contributed by atoms with van der Waals surface area (Å²) in [5, 5.41) is 3.21. The van der Waals surface area contributed by atoms with Crippen molar-refractivity contribution in [1.29, 1.82) is 0 Å². The van der Waals surface area contributed by atoms with Gasteiger partial charge < -0.3 is 10.1 Å². The molecule has 1 rings (SSSR count). The molecule has 0 spiro atoms. The second-order valence-electron chi connectivity index (χ2n) is 3.66. The first-order chi connectivity index (χ1) is 7.17. The lowest BCUT2D eigenvalue weighted by Crippen LogP contribution is -2.42. The summed E-state index contributed by atoms with van der Waals surface area (Å²) in [6.45, 7) is 3.29. The zero-order valence-electron chi connectivity index (χ0n) is 9.24. The first-order valence-electron chi connectivity index (χ1n) is 5.34. The molecular weight excluding hydrogens is 216 g/mol. The van der Waals surface area contributed by atoms with Gasteiger partial charge in [-0.2, -0.15) is 0 Å². The number of sulfonamides is 1. The monoisotopic (exact) mass is 236 g/mol. The SMILES string of the molecule is COCCCN1CCNCCCS1(=O)=O. The van der Waals surface area contributed by atoms with Gasteiger partial charge in [0.25, 0.3) is 0 Å². The van der Waals surface area contributed by atoms with Crippen molar-refractivity contribution >= 4 is 10.0 Å². The second-order valence-corrected chi connectivity index (χ2v) is 5.75. The fourth-order valence-corrected chi connectivity index (χ4v) is 3.16. The molecule has 1 N–H and O–H groups in total. The third kappa shape index (κ3) is 4.46. The van der Waals surface area contributed by atoms with E-state index in [1.54, 1.807) is 11.4 Å². The van der Waals surface area contributed by atoms with Crippen LogP contribution < -0.4 is 5.32 Å². The van der Waals surface area contributed by atoms with Crippen LogP contribution in [0.15, 0.2) is 0 Å². The quantitative estimate of drug-likeness (QED) is 0.678. The van der Waals surface area contributed by atoms with E-state index in [1.165, 1.54) is 0 Å². The molecule has 1 aliphatic heterocycles. The van der Waals surface area contributed by atoms with Crippen molar-refractivity contribution in [3.63, 3.8) is 0 Å². The highest BCUT2D eigenvalue weighted by Crippen LogP contribution is 2.06. The maximum absolute atomic E-state index is 11.8. The molecule has 1 heterocycles. The minimum Gasteiger partial charge on any atom is -0.385 e. The Labute approximate surface area is 91.8 Å². The summed E-state index contributed by atoms with van der Waals surface area (Å²) in [6, 6.07) is 0. The van der Waals surface area contributed by atoms with Crippen molar-refractivity contribution in [3.8, 4) is 0 Å². The van der Waals surface area contributed by atoms with E-state index in [-0.39, 0.29) is 5.75 Å². The van der Waals surface area contributed by atoms with Crippen molar-refractivity contribution in [3.05, 3.63) is 0 Å². The van der Waals surface area contributed by atoms with Crippen LogP contribution in [0.4, 0.5) is 0 Å². The van der Waals surface area contributed by atoms with Crippen molar-refractivity contribution < 1.29 is 13.2 Å². The van der Waals surface area contributed by atoms with Gasteiger partial charge in [-0.05, 0) is 19.4 Å². The van der Waals surface area contributed by atoms with E-state index < -0.39 is 10.0 Å². The third-order valence-electron chi connectivity index (χ3n) is 2.44. The Morgan fingerprint density at radius 1 is 1.40 bits per heavy atom. The highest BCUT2D eigenvalue weighted by Gasteiger charge is 2.22. The summed E-state index contributed by atoms with van der Waals surface area (Å²) in [7, 11) is -1.40. The number of ether oxygens (including phenoxy) is 1. The Bertz CT molecular complexity index is 267. The average Bonchev–Trinajstić information content (AvgIpc) is 2.18. The van der Waals surface area contributed by atoms with Gasteiger partial charge in [0, 0.05) is 33.4 Å². The van der Waals surface area contributed by atoms with E-state index in [1.807, 2.05) is 0 Å². The average molecular weight is 236 g/mol. The number of hydrogen-bond donors (Lipinski definition) is 1. The van der Waals surface area contributed by atoms with E-state index in [9.17, 15) is 8.42 Å². The second kappa shape index (κ2) is 6.42. The third-order valence-corrected chi connectivity index (χ3v) is 4.40. The summed E-state index contributed by atoms with van der Waals surface area (Å²) in [5.74, 6) is 0.257. The van der Waals surface area contributed by atoms with Crippen LogP contribution in [0, 0.1) is 0 Å². The minimum atomic E-state index is -3.03. The molecule has 0 aromatic rings. The lowest BCUT2D eigenvalue weighted by Gasteiger charge is -2.24. The lowest BCUT2D eigenvalue weighted by molar-refractivity contribution is 0.187. The Hall–Kier alpha value is -0.170. The number of nitrogens with one attached hydrogen (secondary N) is 1. The molecule has 1 fully saturated rings. The Kier molecular flexibility index (Phi) is 5.52. The number of nitrogens with zero attached hydrogens (tertiary/aromatic N) is 1. The summed E-state index contributed by atoms with van der Waals surface area (Å²) in [5.41, 5.74) is 0. The van der Waals surface area contributed by atoms with Crippen LogP contribution in [0.1, 0.15) is 12.8 Å². The molecule has 1 aliphatic rings. The topological polar surface area (TPSA) is 58.6 Å². The van der Waals surface area contributed by atoms with E-state index in [4.69, 9.17) is 4.74 Å². The highest BCUT2D eigenvalue weighted by atomic mass is 32.2. The molecule has 0 bridgehead atoms. The normalized spacial score (nSPS) is 23.3. The van der Waals surface area contributed by atoms with Crippen LogP contribution in [0.2, 0.25) is 0 Å². The molecule has 1 saturated heterocycles. The maximum atomic E-state index is 11.8. The van der Waals surface area contributed by atoms with Gasteiger partial charge in [0.05, 0.1) is 5.75 Å². The Morgan fingerprint density at radius 3 is 2.93 bits per heavy atom. The van der Waals surface area contributed by atoms with Crippen LogP contribution in [0.25, 0.3) is 0 Å². The minimum absolute atomic E-state index is 0.257. The summed E-state index contributed by atoms with van der Waals surface area (Å²) in [4.78, 5) is 0. The van der Waals surface area contributed by atoms with Gasteiger partial charge in [-0.25, -0.2) is 12.7 Å². The van der Waals surface area contributed by atoms with E-state index in [0.717, 1.165) is 19.5 Å². The molecule has 0 aromatic carbocycles. The number of methoxy groups -OCH3 is 1. The summed E-state index contributed by atoms with van der Waals surface area (Å²) in [6.07, 6.45) is 1.46. The van der Waals surface area contributed by atoms with Crippen LogP contribution in [-0.2, 0) is 14.8 Å². The van der Waals surface area contributed by atoms with Crippen molar-refractivity contribution in [2.24, 2.45) is 0 Å². The van der Waals surface area contributed by atoms with Gasteiger partial charge in [-0.3, -0.25) is 0 Å². The van der Waals surface area contributed by atoms with Gasteiger partial charge in [-0.1, -0.05) is 0 Å². The smallest absolute Gasteiger partial charge is 0.214 e. The predicted octanol–water partition coefficient (Wildman–Crippen LogP) is -0.352. The van der Waals surface area contributed by atoms with Gasteiger partial charge in [0.1, 0.15) is 0 Å². The molecule has 90 valence electrons. The molecule has 0 unspecified atom stereocenters. The summed E-state index contributed by atoms with van der Waals surface area (Å²) >= 11 is 0. The molecule has 0 saturated carbocycles. The fraction of sp³-hybridized carbons (Fsp3) is 1.00. The van der Waals surface area contributed by atoms with E-state index in [2.05, 4.69) is 5.32 Å². The Morgan fingerprint density at radius 2 is 2.20 bits per heavy atom. The van der Waals surface area contributed by atoms with Crippen LogP contribution in [-0.4, -0.2) is 58.4 Å². The predicted molar refractivity (Wildman–Crippen MR) is 59.3 cm³/mol. The molecule has 0 amide bonds. The molecule has 0 aliphatic carbocycles.